The molecule has 0 aromatic rings. The maximum atomic E-state index is 12.5. The van der Waals surface area contributed by atoms with Gasteiger partial charge >= 0.3 is 5.97 Å². The Morgan fingerprint density at radius 2 is 1.85 bits per heavy atom. The number of carbonyl (C=O) groups excluding carboxylic acids is 2. The normalized spacial score (nSPS) is 33.2. The number of carboxylic acid groups (broad SMARTS) is 1. The number of aliphatic carboxylic acids is 1. The number of rotatable bonds is 3. The SMILES string of the molecule is CC(=O)NC1CCN(C(=O)C2CC(C)CC2C(=O)O)C1. The predicted octanol–water partition coefficient (Wildman–Crippen LogP) is 0.470. The maximum absolute atomic E-state index is 12.5. The van der Waals surface area contributed by atoms with Crippen molar-refractivity contribution in [1.82, 2.24) is 10.2 Å². The molecular formula is C14H22N2O4. The molecule has 6 nitrogen and oxygen atoms in total. The molecule has 0 aromatic carbocycles. The van der Waals surface area contributed by atoms with Gasteiger partial charge in [-0.15, -0.1) is 0 Å². The van der Waals surface area contributed by atoms with Crippen LogP contribution in [0.3, 0.4) is 0 Å². The molecule has 2 aliphatic rings. The summed E-state index contributed by atoms with van der Waals surface area (Å²) in [4.78, 5) is 36.5. The monoisotopic (exact) mass is 282 g/mol. The van der Waals surface area contributed by atoms with Crippen molar-refractivity contribution >= 4 is 17.8 Å². The molecule has 1 saturated heterocycles. The van der Waals surface area contributed by atoms with Crippen molar-refractivity contribution < 1.29 is 19.5 Å². The van der Waals surface area contributed by atoms with Crippen LogP contribution in [0.1, 0.15) is 33.1 Å². The molecule has 20 heavy (non-hydrogen) atoms. The molecule has 2 rings (SSSR count). The quantitative estimate of drug-likeness (QED) is 0.788. The fraction of sp³-hybridized carbons (Fsp3) is 0.786. The number of amides is 2. The van der Waals surface area contributed by atoms with E-state index < -0.39 is 17.8 Å². The number of hydrogen-bond donors (Lipinski definition) is 2. The molecule has 4 atom stereocenters. The van der Waals surface area contributed by atoms with Gasteiger partial charge in [-0.05, 0) is 25.2 Å². The van der Waals surface area contributed by atoms with E-state index in [2.05, 4.69) is 5.32 Å². The van der Waals surface area contributed by atoms with Crippen LogP contribution >= 0.6 is 0 Å². The molecule has 2 N–H and O–H groups in total. The van der Waals surface area contributed by atoms with Gasteiger partial charge in [0.1, 0.15) is 0 Å². The Hall–Kier alpha value is -1.59. The fourth-order valence-corrected chi connectivity index (χ4v) is 3.44. The number of hydrogen-bond acceptors (Lipinski definition) is 3. The highest BCUT2D eigenvalue weighted by molar-refractivity contribution is 5.85. The van der Waals surface area contributed by atoms with Gasteiger partial charge in [-0.25, -0.2) is 0 Å². The Labute approximate surface area is 118 Å². The van der Waals surface area contributed by atoms with Crippen LogP contribution in [0.2, 0.25) is 0 Å². The third kappa shape index (κ3) is 3.11. The van der Waals surface area contributed by atoms with Crippen LogP contribution in [0.15, 0.2) is 0 Å². The first-order valence-corrected chi connectivity index (χ1v) is 7.17. The number of nitrogens with one attached hydrogen (secondary N) is 1. The second-order valence-electron chi connectivity index (χ2n) is 6.10. The highest BCUT2D eigenvalue weighted by Crippen LogP contribution is 2.38. The summed E-state index contributed by atoms with van der Waals surface area (Å²) < 4.78 is 0. The zero-order valence-electron chi connectivity index (χ0n) is 12.0. The highest BCUT2D eigenvalue weighted by atomic mass is 16.4. The summed E-state index contributed by atoms with van der Waals surface area (Å²) in [5.74, 6) is -1.71. The van der Waals surface area contributed by atoms with Gasteiger partial charge in [-0.2, -0.15) is 0 Å². The largest absolute Gasteiger partial charge is 0.481 e. The lowest BCUT2D eigenvalue weighted by atomic mass is 9.95. The van der Waals surface area contributed by atoms with E-state index in [9.17, 15) is 19.5 Å². The molecule has 0 radical (unpaired) electrons. The topological polar surface area (TPSA) is 86.7 Å². The van der Waals surface area contributed by atoms with Gasteiger partial charge in [0, 0.05) is 26.1 Å². The molecule has 1 heterocycles. The van der Waals surface area contributed by atoms with Crippen molar-refractivity contribution in [3.8, 4) is 0 Å². The lowest BCUT2D eigenvalue weighted by Gasteiger charge is -2.23. The first kappa shape index (κ1) is 14.8. The van der Waals surface area contributed by atoms with E-state index in [1.54, 1.807) is 4.90 Å². The van der Waals surface area contributed by atoms with E-state index >= 15 is 0 Å². The van der Waals surface area contributed by atoms with Crippen LogP contribution in [-0.2, 0) is 14.4 Å². The van der Waals surface area contributed by atoms with Gasteiger partial charge in [0.2, 0.25) is 11.8 Å². The molecule has 2 amide bonds. The molecule has 1 aliphatic heterocycles. The van der Waals surface area contributed by atoms with E-state index in [0.717, 1.165) is 6.42 Å². The van der Waals surface area contributed by atoms with Crippen LogP contribution in [0.25, 0.3) is 0 Å². The van der Waals surface area contributed by atoms with Crippen molar-refractivity contribution in [2.24, 2.45) is 17.8 Å². The third-order valence-electron chi connectivity index (χ3n) is 4.34. The van der Waals surface area contributed by atoms with Gasteiger partial charge in [-0.3, -0.25) is 14.4 Å². The Balaban J connectivity index is 1.97. The Bertz CT molecular complexity index is 423. The van der Waals surface area contributed by atoms with E-state index in [1.807, 2.05) is 6.92 Å². The summed E-state index contributed by atoms with van der Waals surface area (Å²) >= 11 is 0. The number of nitrogens with zero attached hydrogens (tertiary/aromatic N) is 1. The molecule has 6 heteroatoms. The van der Waals surface area contributed by atoms with E-state index in [-0.39, 0.29) is 23.8 Å². The minimum atomic E-state index is -0.870. The molecule has 2 fully saturated rings. The summed E-state index contributed by atoms with van der Waals surface area (Å²) in [5.41, 5.74) is 0. The van der Waals surface area contributed by atoms with Gasteiger partial charge in [0.15, 0.2) is 0 Å². The molecule has 1 saturated carbocycles. The van der Waals surface area contributed by atoms with Crippen molar-refractivity contribution in [2.45, 2.75) is 39.2 Å². The number of likely N-dealkylation sites (tertiary alicyclic amines) is 1. The Morgan fingerprint density at radius 1 is 1.20 bits per heavy atom. The molecule has 0 bridgehead atoms. The molecular weight excluding hydrogens is 260 g/mol. The number of carbonyl (C=O) groups is 3. The van der Waals surface area contributed by atoms with Crippen LogP contribution in [0, 0.1) is 17.8 Å². The average Bonchev–Trinajstić information content (AvgIpc) is 2.94. The number of carboxylic acids is 1. The zero-order chi connectivity index (χ0) is 14.9. The minimum Gasteiger partial charge on any atom is -0.481 e. The molecule has 112 valence electrons. The predicted molar refractivity (Wildman–Crippen MR) is 71.8 cm³/mol. The van der Waals surface area contributed by atoms with Crippen LogP contribution in [0.5, 0.6) is 0 Å². The van der Waals surface area contributed by atoms with E-state index in [1.165, 1.54) is 6.92 Å². The van der Waals surface area contributed by atoms with Crippen molar-refractivity contribution in [3.63, 3.8) is 0 Å². The van der Waals surface area contributed by atoms with Crippen molar-refractivity contribution in [1.29, 1.82) is 0 Å². The first-order chi connectivity index (χ1) is 9.38. The fourth-order valence-electron chi connectivity index (χ4n) is 3.44. The van der Waals surface area contributed by atoms with Crippen LogP contribution in [0.4, 0.5) is 0 Å². The summed E-state index contributed by atoms with van der Waals surface area (Å²) in [5, 5.41) is 12.0. The standard InChI is InChI=1S/C14H22N2O4/c1-8-5-11(12(6-8)14(19)20)13(18)16-4-3-10(7-16)15-9(2)17/h8,10-12H,3-7H2,1-2H3,(H,15,17)(H,19,20). The highest BCUT2D eigenvalue weighted by Gasteiger charge is 2.43. The van der Waals surface area contributed by atoms with Gasteiger partial charge in [0.05, 0.1) is 11.8 Å². The van der Waals surface area contributed by atoms with Crippen LogP contribution in [-0.4, -0.2) is 46.9 Å². The third-order valence-corrected chi connectivity index (χ3v) is 4.34. The summed E-state index contributed by atoms with van der Waals surface area (Å²) in [6.45, 7) is 4.55. The van der Waals surface area contributed by atoms with Gasteiger partial charge in [0.25, 0.3) is 0 Å². The smallest absolute Gasteiger partial charge is 0.307 e. The second kappa shape index (κ2) is 5.81. The lowest BCUT2D eigenvalue weighted by molar-refractivity contribution is -0.148. The Morgan fingerprint density at radius 3 is 2.45 bits per heavy atom. The molecule has 4 unspecified atom stereocenters. The summed E-state index contributed by atoms with van der Waals surface area (Å²) in [6.07, 6.45) is 1.97. The summed E-state index contributed by atoms with van der Waals surface area (Å²) in [7, 11) is 0. The zero-order valence-corrected chi connectivity index (χ0v) is 12.0. The van der Waals surface area contributed by atoms with E-state index in [4.69, 9.17) is 0 Å². The van der Waals surface area contributed by atoms with Crippen LogP contribution < -0.4 is 5.32 Å². The summed E-state index contributed by atoms with van der Waals surface area (Å²) in [6, 6.07) is -0.00134. The van der Waals surface area contributed by atoms with Crippen molar-refractivity contribution in [3.05, 3.63) is 0 Å². The maximum Gasteiger partial charge on any atom is 0.307 e. The lowest BCUT2D eigenvalue weighted by Crippen LogP contribution is -2.41. The second-order valence-corrected chi connectivity index (χ2v) is 6.10. The molecule has 0 aromatic heterocycles. The van der Waals surface area contributed by atoms with E-state index in [0.29, 0.717) is 25.9 Å². The first-order valence-electron chi connectivity index (χ1n) is 7.17. The minimum absolute atomic E-state index is 0.00134. The Kier molecular flexibility index (Phi) is 4.30. The molecule has 1 aliphatic carbocycles. The van der Waals surface area contributed by atoms with Gasteiger partial charge in [-0.1, -0.05) is 6.92 Å². The van der Waals surface area contributed by atoms with Gasteiger partial charge < -0.3 is 15.3 Å². The molecule has 0 spiro atoms. The average molecular weight is 282 g/mol. The van der Waals surface area contributed by atoms with Crippen molar-refractivity contribution in [2.75, 3.05) is 13.1 Å².